The van der Waals surface area contributed by atoms with E-state index in [1.165, 1.54) is 0 Å². The molecule has 0 saturated carbocycles. The number of phosphoric acid groups is 1. The predicted octanol–water partition coefficient (Wildman–Crippen LogP) is -5.11. The monoisotopic (exact) mass is 160 g/mol. The first kappa shape index (κ1) is 23.6. The van der Waals surface area contributed by atoms with Crippen LogP contribution in [0.5, 0.6) is 0 Å². The molecule has 0 unspecified atom stereocenters. The Balaban J connectivity index is -0.0000000267. The molecular formula is H3AlFO5P. The maximum Gasteiger partial charge on any atom is 3.00 e. The molecule has 0 radical (unpaired) electrons. The van der Waals surface area contributed by atoms with Gasteiger partial charge in [-0.05, 0) is 0 Å². The average Bonchev–Trinajstić information content (AvgIpc) is 0.722. The van der Waals surface area contributed by atoms with Crippen molar-refractivity contribution in [1.82, 2.24) is 0 Å². The molecule has 48 valence electrons. The van der Waals surface area contributed by atoms with Gasteiger partial charge >= 0.3 is 17.4 Å². The summed E-state index contributed by atoms with van der Waals surface area (Å²) in [7, 11) is -4.89. The summed E-state index contributed by atoms with van der Waals surface area (Å²) in [6.45, 7) is 0. The number of rotatable bonds is 0. The predicted molar refractivity (Wildman–Crippen MR) is 19.7 cm³/mol. The summed E-state index contributed by atoms with van der Waals surface area (Å²) in [4.78, 5) is 22.9. The van der Waals surface area contributed by atoms with Crippen LogP contribution in [0.3, 0.4) is 0 Å². The van der Waals surface area contributed by atoms with Crippen molar-refractivity contribution >= 4 is 25.2 Å². The molecule has 0 aromatic carbocycles. The quantitative estimate of drug-likeness (QED) is 0.272. The molecule has 0 rings (SSSR count). The van der Waals surface area contributed by atoms with Gasteiger partial charge in [0.15, 0.2) is 0 Å². The van der Waals surface area contributed by atoms with Crippen LogP contribution in [0.25, 0.3) is 0 Å². The molecule has 0 bridgehead atoms. The van der Waals surface area contributed by atoms with Crippen LogP contribution in [0.15, 0.2) is 0 Å². The molecule has 0 heterocycles. The Labute approximate surface area is 55.4 Å². The summed E-state index contributed by atoms with van der Waals surface area (Å²) in [5.74, 6) is 0. The van der Waals surface area contributed by atoms with Crippen molar-refractivity contribution < 1.29 is 29.4 Å². The summed E-state index contributed by atoms with van der Waals surface area (Å²) in [6.07, 6.45) is 0. The van der Waals surface area contributed by atoms with Crippen molar-refractivity contribution in [3.05, 3.63) is 0 Å². The minimum Gasteiger partial charge on any atom is -1.00 e. The molecule has 0 spiro atoms. The van der Waals surface area contributed by atoms with Gasteiger partial charge in [0.2, 0.25) is 0 Å². The fraction of sp³-hybridized carbons (Fsp3) is 0. The Hall–Kier alpha value is 0.532. The van der Waals surface area contributed by atoms with Crippen molar-refractivity contribution in [2.75, 3.05) is 0 Å². The van der Waals surface area contributed by atoms with Crippen molar-refractivity contribution in [2.45, 2.75) is 0 Å². The first-order chi connectivity index (χ1) is 2.00. The van der Waals surface area contributed by atoms with E-state index in [0.29, 0.717) is 0 Å². The second-order valence-electron chi connectivity index (χ2n) is 0.491. The molecule has 8 heteroatoms. The van der Waals surface area contributed by atoms with Gasteiger partial charge in [-0.25, -0.2) is 0 Å². The van der Waals surface area contributed by atoms with E-state index in [1.54, 1.807) is 0 Å². The largest absolute Gasteiger partial charge is 3.00 e. The first-order valence-corrected chi connectivity index (χ1v) is 2.30. The molecule has 0 fully saturated rings. The zero-order chi connectivity index (χ0) is 4.50. The zero-order valence-corrected chi connectivity index (χ0v) is 5.61. The molecule has 8 heavy (non-hydrogen) atoms. The van der Waals surface area contributed by atoms with Gasteiger partial charge in [-0.2, -0.15) is 0 Å². The third-order valence-corrected chi connectivity index (χ3v) is 0. The molecule has 0 atom stereocenters. The fourth-order valence-electron chi connectivity index (χ4n) is 0. The van der Waals surface area contributed by atoms with Crippen LogP contribution in [0.1, 0.15) is 0 Å². The molecule has 0 aromatic rings. The molecule has 5 nitrogen and oxygen atoms in total. The van der Waals surface area contributed by atoms with E-state index < -0.39 is 7.82 Å². The first-order valence-electron chi connectivity index (χ1n) is 0.765. The fourth-order valence-corrected chi connectivity index (χ4v) is 0. The van der Waals surface area contributed by atoms with E-state index in [0.717, 1.165) is 0 Å². The Morgan fingerprint density at radius 3 is 1.38 bits per heavy atom. The minimum atomic E-state index is -4.89. The number of halogens is 1. The van der Waals surface area contributed by atoms with Crippen LogP contribution >= 0.6 is 7.82 Å². The third-order valence-electron chi connectivity index (χ3n) is 0. The van der Waals surface area contributed by atoms with Gasteiger partial charge in [-0.1, -0.05) is 0 Å². The van der Waals surface area contributed by atoms with Crippen LogP contribution < -0.4 is 9.60 Å². The third kappa shape index (κ3) is 705. The van der Waals surface area contributed by atoms with Gasteiger partial charge in [0.05, 0.1) is 0 Å². The van der Waals surface area contributed by atoms with Gasteiger partial charge in [-0.3, -0.25) is 4.57 Å². The molecule has 3 N–H and O–H groups in total. The standard InChI is InChI=1S/Al.FH.H3O4P.H2O/c;;1-5(2,3)4;/h;1H;(H3,1,2,3,4);1H2/q+3;;;/p-3. The SMILES string of the molecule is O=P([O-])(O)O.[Al+3].[F-].[OH-]. The van der Waals surface area contributed by atoms with E-state index in [4.69, 9.17) is 19.2 Å². The molecule has 0 aliphatic carbocycles. The van der Waals surface area contributed by atoms with E-state index >= 15 is 0 Å². The summed E-state index contributed by atoms with van der Waals surface area (Å²) in [5, 5.41) is 0. The molecule has 0 aromatic heterocycles. The average molecular weight is 160 g/mol. The van der Waals surface area contributed by atoms with Crippen molar-refractivity contribution in [1.29, 1.82) is 0 Å². The minimum absolute atomic E-state index is 0. The van der Waals surface area contributed by atoms with Crippen molar-refractivity contribution in [2.24, 2.45) is 0 Å². The number of hydrogen-bond acceptors (Lipinski definition) is 3. The molecular weight excluding hydrogens is 157 g/mol. The molecule has 0 amide bonds. The summed E-state index contributed by atoms with van der Waals surface area (Å²) in [5.41, 5.74) is 0. The smallest absolute Gasteiger partial charge is 1.00 e. The summed E-state index contributed by atoms with van der Waals surface area (Å²) >= 11 is 0. The van der Waals surface area contributed by atoms with Gasteiger partial charge in [0.1, 0.15) is 0 Å². The van der Waals surface area contributed by atoms with Crippen LogP contribution in [-0.4, -0.2) is 32.6 Å². The van der Waals surface area contributed by atoms with E-state index in [-0.39, 0.29) is 27.5 Å². The second-order valence-corrected chi connectivity index (χ2v) is 1.47. The topological polar surface area (TPSA) is 111 Å². The Morgan fingerprint density at radius 2 is 1.38 bits per heavy atom. The van der Waals surface area contributed by atoms with E-state index in [2.05, 4.69) is 0 Å². The molecule has 0 aliphatic rings. The summed E-state index contributed by atoms with van der Waals surface area (Å²) < 4.78 is 8.77. The van der Waals surface area contributed by atoms with Crippen molar-refractivity contribution in [3.63, 3.8) is 0 Å². The van der Waals surface area contributed by atoms with E-state index in [1.807, 2.05) is 0 Å². The maximum atomic E-state index is 8.77. The second kappa shape index (κ2) is 7.53. The van der Waals surface area contributed by atoms with E-state index in [9.17, 15) is 0 Å². The van der Waals surface area contributed by atoms with Gasteiger partial charge in [0.25, 0.3) is 7.82 Å². The van der Waals surface area contributed by atoms with Crippen LogP contribution in [0.4, 0.5) is 0 Å². The summed E-state index contributed by atoms with van der Waals surface area (Å²) in [6, 6.07) is 0. The Morgan fingerprint density at radius 1 is 1.38 bits per heavy atom. The van der Waals surface area contributed by atoms with Crippen LogP contribution in [0, 0.1) is 0 Å². The molecule has 0 saturated heterocycles. The van der Waals surface area contributed by atoms with Crippen LogP contribution in [0.2, 0.25) is 0 Å². The Bertz CT molecular complexity index is 58.6. The van der Waals surface area contributed by atoms with Gasteiger partial charge in [-0.15, -0.1) is 0 Å². The maximum absolute atomic E-state index is 8.77. The Kier molecular flexibility index (Phi) is 22.2. The molecule has 0 aliphatic heterocycles. The van der Waals surface area contributed by atoms with Crippen molar-refractivity contribution in [3.8, 4) is 0 Å². The zero-order valence-electron chi connectivity index (χ0n) is 3.56. The normalized spacial score (nSPS) is 7.38. The van der Waals surface area contributed by atoms with Gasteiger partial charge in [0, 0.05) is 0 Å². The van der Waals surface area contributed by atoms with Gasteiger partial charge < -0.3 is 24.9 Å². The van der Waals surface area contributed by atoms with Crippen LogP contribution in [-0.2, 0) is 4.57 Å². The number of hydrogen-bond donors (Lipinski definition) is 2.